The van der Waals surface area contributed by atoms with Crippen LogP contribution in [0.15, 0.2) is 37.6 Å². The van der Waals surface area contributed by atoms with Crippen LogP contribution in [0.25, 0.3) is 0 Å². The second-order valence-corrected chi connectivity index (χ2v) is 8.64. The van der Waals surface area contributed by atoms with Gasteiger partial charge in [0.2, 0.25) is 10.0 Å². The van der Waals surface area contributed by atoms with Gasteiger partial charge >= 0.3 is 0 Å². The molecule has 0 saturated heterocycles. The zero-order valence-corrected chi connectivity index (χ0v) is 14.9. The number of halogens is 1. The lowest BCUT2D eigenvalue weighted by molar-refractivity contribution is 0.481. The predicted octanol–water partition coefficient (Wildman–Crippen LogP) is 2.82. The molecule has 0 amide bonds. The van der Waals surface area contributed by atoms with Crippen molar-refractivity contribution in [3.05, 3.63) is 38.9 Å². The standard InChI is InChI=1S/C13H17BrN2O3S2/c1-13(2,11-4-3-5-20-11)8-16-21(17,18)10-6-9(7-15)19-12(10)14/h3-6,16H,7-8,15H2,1-2H3. The zero-order valence-electron chi connectivity index (χ0n) is 11.7. The number of thiophene rings is 1. The zero-order chi connectivity index (χ0) is 15.7. The number of rotatable bonds is 6. The Bertz CT molecular complexity index is 706. The largest absolute Gasteiger partial charge is 0.452 e. The Labute approximate surface area is 136 Å². The Morgan fingerprint density at radius 3 is 2.71 bits per heavy atom. The summed E-state index contributed by atoms with van der Waals surface area (Å²) in [5.74, 6) is 0.416. The first-order valence-corrected chi connectivity index (χ1v) is 9.44. The minimum absolute atomic E-state index is 0.0740. The van der Waals surface area contributed by atoms with Crippen molar-refractivity contribution in [2.45, 2.75) is 30.7 Å². The summed E-state index contributed by atoms with van der Waals surface area (Å²) >= 11 is 4.72. The maximum atomic E-state index is 12.4. The van der Waals surface area contributed by atoms with E-state index in [1.165, 1.54) is 6.07 Å². The lowest BCUT2D eigenvalue weighted by Gasteiger charge is -2.23. The number of nitrogens with one attached hydrogen (secondary N) is 1. The third-order valence-electron chi connectivity index (χ3n) is 3.09. The van der Waals surface area contributed by atoms with Crippen molar-refractivity contribution >= 4 is 37.3 Å². The number of nitrogens with two attached hydrogens (primary N) is 1. The summed E-state index contributed by atoms with van der Waals surface area (Å²) in [6.45, 7) is 4.44. The summed E-state index contributed by atoms with van der Waals surface area (Å²) in [4.78, 5) is 1.20. The summed E-state index contributed by atoms with van der Waals surface area (Å²) in [5.41, 5.74) is 5.17. The van der Waals surface area contributed by atoms with Gasteiger partial charge in [0.1, 0.15) is 10.7 Å². The smallest absolute Gasteiger partial charge is 0.244 e. The molecule has 0 fully saturated rings. The van der Waals surface area contributed by atoms with Crippen molar-refractivity contribution in [2.24, 2.45) is 5.73 Å². The molecule has 0 spiro atoms. The molecule has 0 atom stereocenters. The van der Waals surface area contributed by atoms with E-state index in [0.717, 1.165) is 4.88 Å². The minimum atomic E-state index is -3.65. The van der Waals surface area contributed by atoms with Crippen molar-refractivity contribution in [3.8, 4) is 0 Å². The molecule has 0 saturated carbocycles. The number of hydrogen-bond donors (Lipinski definition) is 2. The van der Waals surface area contributed by atoms with E-state index < -0.39 is 10.0 Å². The number of furan rings is 1. The maximum absolute atomic E-state index is 12.4. The molecular formula is C13H17BrN2O3S2. The second-order valence-electron chi connectivity index (χ2n) is 5.24. The van der Waals surface area contributed by atoms with E-state index in [4.69, 9.17) is 10.2 Å². The Morgan fingerprint density at radius 1 is 1.48 bits per heavy atom. The average Bonchev–Trinajstić information content (AvgIpc) is 3.06. The van der Waals surface area contributed by atoms with E-state index in [0.29, 0.717) is 12.3 Å². The third-order valence-corrected chi connectivity index (χ3v) is 6.58. The van der Waals surface area contributed by atoms with Gasteiger partial charge in [-0.2, -0.15) is 0 Å². The van der Waals surface area contributed by atoms with E-state index in [2.05, 4.69) is 20.7 Å². The lowest BCUT2D eigenvalue weighted by atomic mass is 9.92. The molecule has 0 aliphatic carbocycles. The normalized spacial score (nSPS) is 12.8. The van der Waals surface area contributed by atoms with Crippen molar-refractivity contribution < 1.29 is 12.8 Å². The van der Waals surface area contributed by atoms with Crippen LogP contribution < -0.4 is 10.5 Å². The van der Waals surface area contributed by atoms with Crippen LogP contribution in [0, 0.1) is 0 Å². The summed E-state index contributed by atoms with van der Waals surface area (Å²) in [6, 6.07) is 5.39. The molecule has 0 radical (unpaired) electrons. The average molecular weight is 393 g/mol. The number of hydrogen-bond acceptors (Lipinski definition) is 5. The Kier molecular flexibility index (Phi) is 4.94. The van der Waals surface area contributed by atoms with E-state index in [1.807, 2.05) is 31.4 Å². The van der Waals surface area contributed by atoms with Gasteiger partial charge in [-0.15, -0.1) is 11.3 Å². The van der Waals surface area contributed by atoms with Gasteiger partial charge in [-0.25, -0.2) is 13.1 Å². The molecule has 116 valence electrons. The second kappa shape index (κ2) is 6.21. The third kappa shape index (κ3) is 3.75. The summed E-state index contributed by atoms with van der Waals surface area (Å²) in [6.07, 6.45) is 0. The molecular weight excluding hydrogens is 376 g/mol. The first kappa shape index (κ1) is 16.7. The van der Waals surface area contributed by atoms with Gasteiger partial charge in [0.05, 0.1) is 6.54 Å². The fourth-order valence-electron chi connectivity index (χ4n) is 1.79. The molecule has 21 heavy (non-hydrogen) atoms. The van der Waals surface area contributed by atoms with Crippen LogP contribution in [-0.4, -0.2) is 15.0 Å². The van der Waals surface area contributed by atoms with Crippen LogP contribution in [0.3, 0.4) is 0 Å². The molecule has 8 heteroatoms. The van der Waals surface area contributed by atoms with Crippen molar-refractivity contribution in [3.63, 3.8) is 0 Å². The van der Waals surface area contributed by atoms with Gasteiger partial charge in [-0.3, -0.25) is 0 Å². The molecule has 0 aliphatic heterocycles. The molecule has 2 rings (SSSR count). The number of sulfonamides is 1. The monoisotopic (exact) mass is 392 g/mol. The molecule has 3 N–H and O–H groups in total. The highest BCUT2D eigenvalue weighted by atomic mass is 79.9. The predicted molar refractivity (Wildman–Crippen MR) is 86.8 cm³/mol. The highest BCUT2D eigenvalue weighted by Gasteiger charge is 2.27. The van der Waals surface area contributed by atoms with Crippen LogP contribution in [0.1, 0.15) is 24.5 Å². The van der Waals surface area contributed by atoms with Crippen molar-refractivity contribution in [1.82, 2.24) is 4.72 Å². The highest BCUT2D eigenvalue weighted by molar-refractivity contribution is 9.10. The minimum Gasteiger partial charge on any atom is -0.452 e. The van der Waals surface area contributed by atoms with Gasteiger partial charge in [-0.1, -0.05) is 19.9 Å². The Hall–Kier alpha value is -0.670. The highest BCUT2D eigenvalue weighted by Crippen LogP contribution is 2.29. The maximum Gasteiger partial charge on any atom is 0.244 e. The van der Waals surface area contributed by atoms with Gasteiger partial charge < -0.3 is 10.2 Å². The Morgan fingerprint density at radius 2 is 2.19 bits per heavy atom. The van der Waals surface area contributed by atoms with Crippen LogP contribution >= 0.6 is 27.3 Å². The van der Waals surface area contributed by atoms with Crippen LogP contribution in [-0.2, 0) is 22.0 Å². The molecule has 0 aromatic carbocycles. The molecule has 0 aliphatic rings. The first-order chi connectivity index (χ1) is 9.76. The van der Waals surface area contributed by atoms with E-state index >= 15 is 0 Å². The van der Waals surface area contributed by atoms with Crippen LogP contribution in [0.2, 0.25) is 0 Å². The van der Waals surface area contributed by atoms with E-state index in [9.17, 15) is 8.42 Å². The summed E-state index contributed by atoms with van der Waals surface area (Å²) in [5, 5.41) is 1.98. The lowest BCUT2D eigenvalue weighted by Crippen LogP contribution is -2.36. The van der Waals surface area contributed by atoms with Gasteiger partial charge in [0.25, 0.3) is 0 Å². The fraction of sp³-hybridized carbons (Fsp3) is 0.385. The summed E-state index contributed by atoms with van der Waals surface area (Å²) < 4.78 is 32.7. The fourth-order valence-corrected chi connectivity index (χ4v) is 4.85. The van der Waals surface area contributed by atoms with Gasteiger partial charge in [-0.05, 0) is 27.4 Å². The first-order valence-electron chi connectivity index (χ1n) is 6.28. The molecule has 2 aromatic heterocycles. The molecule has 5 nitrogen and oxygen atoms in total. The molecule has 0 bridgehead atoms. The molecule has 2 heterocycles. The van der Waals surface area contributed by atoms with Gasteiger partial charge in [0.15, 0.2) is 4.67 Å². The molecule has 2 aromatic rings. The van der Waals surface area contributed by atoms with Crippen molar-refractivity contribution in [2.75, 3.05) is 6.54 Å². The topological polar surface area (TPSA) is 85.3 Å². The van der Waals surface area contributed by atoms with Crippen LogP contribution in [0.4, 0.5) is 0 Å². The summed E-state index contributed by atoms with van der Waals surface area (Å²) in [7, 11) is -3.65. The SMILES string of the molecule is CC(C)(CNS(=O)(=O)c1cc(CN)oc1Br)c1cccs1. The van der Waals surface area contributed by atoms with Gasteiger partial charge in [0, 0.05) is 22.9 Å². The quantitative estimate of drug-likeness (QED) is 0.791. The Balaban J connectivity index is 2.16. The molecule has 0 unspecified atom stereocenters. The van der Waals surface area contributed by atoms with E-state index in [1.54, 1.807) is 11.3 Å². The van der Waals surface area contributed by atoms with E-state index in [-0.39, 0.29) is 21.5 Å². The van der Waals surface area contributed by atoms with Crippen molar-refractivity contribution in [1.29, 1.82) is 0 Å². The van der Waals surface area contributed by atoms with Crippen LogP contribution in [0.5, 0.6) is 0 Å².